The second kappa shape index (κ2) is 2.34. The van der Waals surface area contributed by atoms with Crippen molar-refractivity contribution in [1.82, 2.24) is 0 Å². The molecule has 0 aliphatic heterocycles. The van der Waals surface area contributed by atoms with Crippen LogP contribution in [0.5, 0.6) is 0 Å². The Hall–Kier alpha value is -0.380. The van der Waals surface area contributed by atoms with Crippen LogP contribution in [0.25, 0.3) is 0 Å². The fourth-order valence-electron chi connectivity index (χ4n) is 0.960. The molecular weight excluding hydrogens is 152 g/mol. The minimum atomic E-state index is -2.92. The molecule has 1 aliphatic carbocycles. The SMILES string of the molecule is CCS(=O)(=O)[C@H]1C[C@@H]1C=O. The normalized spacial score (nSPS) is 31.7. The maximum atomic E-state index is 11.0. The molecule has 3 nitrogen and oxygen atoms in total. The van der Waals surface area contributed by atoms with E-state index < -0.39 is 9.84 Å². The second-order valence-electron chi connectivity index (χ2n) is 2.53. The quantitative estimate of drug-likeness (QED) is 0.549. The van der Waals surface area contributed by atoms with Crippen molar-refractivity contribution in [3.8, 4) is 0 Å². The molecule has 1 aliphatic rings. The summed E-state index contributed by atoms with van der Waals surface area (Å²) in [6.07, 6.45) is 1.28. The molecular formula is C6H10O3S. The Morgan fingerprint density at radius 3 is 2.50 bits per heavy atom. The van der Waals surface area contributed by atoms with Crippen LogP contribution in [0, 0.1) is 5.92 Å². The van der Waals surface area contributed by atoms with E-state index in [4.69, 9.17) is 0 Å². The Kier molecular flexibility index (Phi) is 1.81. The first-order valence-corrected chi connectivity index (χ1v) is 5.00. The van der Waals surface area contributed by atoms with E-state index in [1.165, 1.54) is 0 Å². The summed E-state index contributed by atoms with van der Waals surface area (Å²) < 4.78 is 21.9. The summed E-state index contributed by atoms with van der Waals surface area (Å²) >= 11 is 0. The lowest BCUT2D eigenvalue weighted by Gasteiger charge is -1.94. The fraction of sp³-hybridized carbons (Fsp3) is 0.833. The zero-order chi connectivity index (χ0) is 7.78. The van der Waals surface area contributed by atoms with Crippen molar-refractivity contribution in [2.24, 2.45) is 5.92 Å². The van der Waals surface area contributed by atoms with Gasteiger partial charge in [0.2, 0.25) is 0 Å². The van der Waals surface area contributed by atoms with Gasteiger partial charge < -0.3 is 4.79 Å². The van der Waals surface area contributed by atoms with Crippen LogP contribution < -0.4 is 0 Å². The molecule has 0 unspecified atom stereocenters. The number of carbonyl (C=O) groups excluding carboxylic acids is 1. The zero-order valence-electron chi connectivity index (χ0n) is 5.78. The Morgan fingerprint density at radius 2 is 2.20 bits per heavy atom. The van der Waals surface area contributed by atoms with Gasteiger partial charge in [0, 0.05) is 11.7 Å². The summed E-state index contributed by atoms with van der Waals surface area (Å²) in [4.78, 5) is 10.1. The van der Waals surface area contributed by atoms with Crippen LogP contribution in [-0.4, -0.2) is 25.7 Å². The highest BCUT2D eigenvalue weighted by Gasteiger charge is 2.45. The van der Waals surface area contributed by atoms with Gasteiger partial charge in [-0.3, -0.25) is 0 Å². The van der Waals surface area contributed by atoms with E-state index in [1.807, 2.05) is 0 Å². The van der Waals surface area contributed by atoms with Gasteiger partial charge in [-0.1, -0.05) is 6.92 Å². The molecule has 0 heterocycles. The zero-order valence-corrected chi connectivity index (χ0v) is 6.60. The van der Waals surface area contributed by atoms with Crippen LogP contribution >= 0.6 is 0 Å². The molecule has 2 atom stereocenters. The number of hydrogen-bond acceptors (Lipinski definition) is 3. The van der Waals surface area contributed by atoms with Crippen molar-refractivity contribution < 1.29 is 13.2 Å². The molecule has 0 aromatic carbocycles. The largest absolute Gasteiger partial charge is 0.303 e. The first-order valence-electron chi connectivity index (χ1n) is 3.28. The predicted octanol–water partition coefficient (Wildman–Crippen LogP) is 0.00850. The molecule has 0 aromatic heterocycles. The van der Waals surface area contributed by atoms with Crippen LogP contribution in [0.15, 0.2) is 0 Å². The first kappa shape index (κ1) is 7.72. The van der Waals surface area contributed by atoms with Crippen molar-refractivity contribution >= 4 is 16.1 Å². The monoisotopic (exact) mass is 162 g/mol. The van der Waals surface area contributed by atoms with Gasteiger partial charge in [-0.25, -0.2) is 8.42 Å². The van der Waals surface area contributed by atoms with Gasteiger partial charge >= 0.3 is 0 Å². The third kappa shape index (κ3) is 1.21. The number of sulfone groups is 1. The second-order valence-corrected chi connectivity index (χ2v) is 5.03. The summed E-state index contributed by atoms with van der Waals surface area (Å²) in [5.74, 6) is -0.0490. The summed E-state index contributed by atoms with van der Waals surface area (Å²) in [6.45, 7) is 1.61. The van der Waals surface area contributed by atoms with Crippen molar-refractivity contribution in [3.63, 3.8) is 0 Å². The lowest BCUT2D eigenvalue weighted by Crippen LogP contribution is -2.11. The molecule has 0 aromatic rings. The molecule has 1 rings (SSSR count). The highest BCUT2D eigenvalue weighted by Crippen LogP contribution is 2.35. The van der Waals surface area contributed by atoms with Gasteiger partial charge in [-0.05, 0) is 6.42 Å². The molecule has 0 amide bonds. The van der Waals surface area contributed by atoms with Crippen LogP contribution in [-0.2, 0) is 14.6 Å². The summed E-state index contributed by atoms with van der Waals surface area (Å²) in [7, 11) is -2.92. The molecule has 1 saturated carbocycles. The number of aldehydes is 1. The smallest absolute Gasteiger partial charge is 0.153 e. The Bertz CT molecular complexity index is 229. The molecule has 0 radical (unpaired) electrons. The lowest BCUT2D eigenvalue weighted by molar-refractivity contribution is -0.108. The van der Waals surface area contributed by atoms with E-state index in [9.17, 15) is 13.2 Å². The minimum absolute atomic E-state index is 0.155. The molecule has 58 valence electrons. The van der Waals surface area contributed by atoms with Crippen LogP contribution in [0.2, 0.25) is 0 Å². The van der Waals surface area contributed by atoms with Crippen molar-refractivity contribution in [2.45, 2.75) is 18.6 Å². The summed E-state index contributed by atoms with van der Waals surface area (Å²) in [5, 5.41) is -0.352. The highest BCUT2D eigenvalue weighted by molar-refractivity contribution is 7.92. The van der Waals surface area contributed by atoms with Gasteiger partial charge in [0.1, 0.15) is 6.29 Å². The van der Waals surface area contributed by atoms with Crippen LogP contribution in [0.4, 0.5) is 0 Å². The summed E-state index contributed by atoms with van der Waals surface area (Å²) in [6, 6.07) is 0. The van der Waals surface area contributed by atoms with E-state index in [-0.39, 0.29) is 16.9 Å². The van der Waals surface area contributed by atoms with Gasteiger partial charge in [0.15, 0.2) is 9.84 Å². The van der Waals surface area contributed by atoms with Gasteiger partial charge in [-0.2, -0.15) is 0 Å². The topological polar surface area (TPSA) is 51.2 Å². The van der Waals surface area contributed by atoms with Gasteiger partial charge in [-0.15, -0.1) is 0 Å². The number of carbonyl (C=O) groups is 1. The van der Waals surface area contributed by atoms with E-state index in [0.717, 1.165) is 6.29 Å². The molecule has 4 heteroatoms. The highest BCUT2D eigenvalue weighted by atomic mass is 32.2. The van der Waals surface area contributed by atoms with Crippen molar-refractivity contribution in [1.29, 1.82) is 0 Å². The number of hydrogen-bond donors (Lipinski definition) is 0. The standard InChI is InChI=1S/C6H10O3S/c1-2-10(8,9)6-3-5(6)4-7/h4-6H,2-3H2,1H3/t5-,6+/m1/s1. The first-order chi connectivity index (χ1) is 4.61. The van der Waals surface area contributed by atoms with Crippen molar-refractivity contribution in [2.75, 3.05) is 5.75 Å². The molecule has 0 spiro atoms. The average molecular weight is 162 g/mol. The van der Waals surface area contributed by atoms with E-state index in [0.29, 0.717) is 6.42 Å². The predicted molar refractivity (Wildman–Crippen MR) is 37.4 cm³/mol. The van der Waals surface area contributed by atoms with Crippen LogP contribution in [0.3, 0.4) is 0 Å². The van der Waals surface area contributed by atoms with Gasteiger partial charge in [0.25, 0.3) is 0 Å². The maximum Gasteiger partial charge on any atom is 0.153 e. The molecule has 10 heavy (non-hydrogen) atoms. The minimum Gasteiger partial charge on any atom is -0.303 e. The van der Waals surface area contributed by atoms with Crippen LogP contribution in [0.1, 0.15) is 13.3 Å². The van der Waals surface area contributed by atoms with E-state index in [2.05, 4.69) is 0 Å². The fourth-order valence-corrected chi connectivity index (χ4v) is 2.50. The Labute approximate surface area is 60.3 Å². The van der Waals surface area contributed by atoms with E-state index >= 15 is 0 Å². The average Bonchev–Trinajstić information content (AvgIpc) is 2.66. The number of rotatable bonds is 3. The van der Waals surface area contributed by atoms with Gasteiger partial charge in [0.05, 0.1) is 5.25 Å². The molecule has 1 fully saturated rings. The Balaban J connectivity index is 2.63. The Morgan fingerprint density at radius 1 is 1.60 bits per heavy atom. The molecule has 0 bridgehead atoms. The third-order valence-corrected chi connectivity index (χ3v) is 4.09. The molecule has 0 N–H and O–H groups in total. The third-order valence-electron chi connectivity index (χ3n) is 1.82. The molecule has 0 saturated heterocycles. The van der Waals surface area contributed by atoms with E-state index in [1.54, 1.807) is 6.92 Å². The van der Waals surface area contributed by atoms with Crippen molar-refractivity contribution in [3.05, 3.63) is 0 Å². The maximum absolute atomic E-state index is 11.0. The lowest BCUT2D eigenvalue weighted by atomic mass is 10.5. The summed E-state index contributed by atoms with van der Waals surface area (Å²) in [5.41, 5.74) is 0.